The van der Waals surface area contributed by atoms with Crippen molar-refractivity contribution in [2.75, 3.05) is 14.2 Å². The molecule has 4 nitrogen and oxygen atoms in total. The van der Waals surface area contributed by atoms with Crippen LogP contribution in [0.25, 0.3) is 0 Å². The Balaban J connectivity index is 3.16. The molecule has 86 valence electrons. The third-order valence-electron chi connectivity index (χ3n) is 2.09. The molecule has 0 aliphatic heterocycles. The average Bonchev–Trinajstić information content (AvgIpc) is 2.21. The second-order valence-corrected chi connectivity index (χ2v) is 6.26. The molecule has 0 fully saturated rings. The minimum atomic E-state index is -0.730. The van der Waals surface area contributed by atoms with Crippen LogP contribution in [0.4, 0.5) is 0 Å². The van der Waals surface area contributed by atoms with Gasteiger partial charge < -0.3 is 0 Å². The number of aryl methyl sites for hydroxylation is 1. The summed E-state index contributed by atoms with van der Waals surface area (Å²) in [7, 11) is 3.10. The number of methoxy groups -OCH3 is 1. The molecular weight excluding hydrogens is 319 g/mol. The fourth-order valence-electron chi connectivity index (χ4n) is 1.32. The molecule has 5 heteroatoms. The number of nitroso groups, excluding NO2 is 1. The SMILES string of the molecule is COc1cc(CC#N)c(C)cc1[I-][N+](C)=O. The van der Waals surface area contributed by atoms with Crippen LogP contribution in [0.2, 0.25) is 0 Å². The molecule has 0 aliphatic carbocycles. The van der Waals surface area contributed by atoms with Crippen LogP contribution in [0.5, 0.6) is 5.75 Å². The molecule has 0 saturated carbocycles. The Morgan fingerprint density at radius 2 is 2.25 bits per heavy atom. The van der Waals surface area contributed by atoms with Crippen molar-refractivity contribution in [3.05, 3.63) is 31.7 Å². The maximum absolute atomic E-state index is 11.1. The van der Waals surface area contributed by atoms with E-state index in [0.29, 0.717) is 12.2 Å². The number of rotatable bonds is 4. The van der Waals surface area contributed by atoms with Gasteiger partial charge in [0, 0.05) is 0 Å². The molecule has 0 aliphatic rings. The Bertz CT molecular complexity index is 452. The van der Waals surface area contributed by atoms with E-state index in [4.69, 9.17) is 10.00 Å². The first-order valence-corrected chi connectivity index (χ1v) is 6.73. The van der Waals surface area contributed by atoms with Gasteiger partial charge in [0.05, 0.1) is 0 Å². The number of halogens is 1. The first-order valence-electron chi connectivity index (χ1n) is 4.69. The zero-order valence-corrected chi connectivity index (χ0v) is 11.6. The normalized spacial score (nSPS) is 9.88. The quantitative estimate of drug-likeness (QED) is 0.506. The first-order chi connectivity index (χ1) is 7.58. The molecule has 1 aromatic rings. The summed E-state index contributed by atoms with van der Waals surface area (Å²) in [6, 6.07) is 5.93. The molecule has 0 heterocycles. The second kappa shape index (κ2) is 5.80. The molecule has 0 unspecified atom stereocenters. The van der Waals surface area contributed by atoms with Crippen molar-refractivity contribution in [3.63, 3.8) is 0 Å². The van der Waals surface area contributed by atoms with Crippen molar-refractivity contribution in [1.82, 2.24) is 0 Å². The molecule has 0 atom stereocenters. The van der Waals surface area contributed by atoms with E-state index in [2.05, 4.69) is 6.07 Å². The van der Waals surface area contributed by atoms with Gasteiger partial charge in [-0.15, -0.1) is 0 Å². The van der Waals surface area contributed by atoms with Gasteiger partial charge in [0.15, 0.2) is 0 Å². The number of benzene rings is 1. The van der Waals surface area contributed by atoms with Crippen LogP contribution in [0.1, 0.15) is 11.1 Å². The van der Waals surface area contributed by atoms with Gasteiger partial charge in [-0.3, -0.25) is 0 Å². The Kier molecular flexibility index (Phi) is 4.68. The van der Waals surface area contributed by atoms with Crippen LogP contribution in [0.3, 0.4) is 0 Å². The molecule has 1 aromatic carbocycles. The third kappa shape index (κ3) is 3.17. The summed E-state index contributed by atoms with van der Waals surface area (Å²) in [5.41, 5.74) is 2.00. The zero-order valence-electron chi connectivity index (χ0n) is 9.45. The van der Waals surface area contributed by atoms with E-state index >= 15 is 0 Å². The van der Waals surface area contributed by atoms with Crippen molar-refractivity contribution in [2.45, 2.75) is 13.3 Å². The molecule has 0 spiro atoms. The van der Waals surface area contributed by atoms with E-state index in [1.807, 2.05) is 19.1 Å². The van der Waals surface area contributed by atoms with Gasteiger partial charge in [0.2, 0.25) is 0 Å². The summed E-state index contributed by atoms with van der Waals surface area (Å²) >= 11 is -0.730. The molecule has 0 saturated heterocycles. The molecule has 0 amide bonds. The Morgan fingerprint density at radius 1 is 1.56 bits per heavy atom. The van der Waals surface area contributed by atoms with Gasteiger partial charge in [0.25, 0.3) is 0 Å². The first kappa shape index (κ1) is 12.9. The van der Waals surface area contributed by atoms with Gasteiger partial charge in [-0.05, 0) is 0 Å². The van der Waals surface area contributed by atoms with Crippen molar-refractivity contribution >= 4 is 0 Å². The Labute approximate surface area is 105 Å². The van der Waals surface area contributed by atoms with E-state index in [-0.39, 0.29) is 0 Å². The second-order valence-electron chi connectivity index (χ2n) is 3.25. The van der Waals surface area contributed by atoms with E-state index in [0.717, 1.165) is 17.7 Å². The fourth-order valence-corrected chi connectivity index (χ4v) is 3.27. The molecule has 0 bridgehead atoms. The summed E-state index contributed by atoms with van der Waals surface area (Å²) in [5.74, 6) is 0.714. The molecular formula is C11H13IN2O2. The monoisotopic (exact) mass is 332 g/mol. The van der Waals surface area contributed by atoms with Gasteiger partial charge >= 0.3 is 106 Å². The van der Waals surface area contributed by atoms with E-state index in [9.17, 15) is 4.91 Å². The van der Waals surface area contributed by atoms with Crippen LogP contribution < -0.4 is 26.2 Å². The maximum atomic E-state index is 11.1. The molecule has 0 radical (unpaired) electrons. The van der Waals surface area contributed by atoms with Gasteiger partial charge in [0.1, 0.15) is 0 Å². The summed E-state index contributed by atoms with van der Waals surface area (Å²) < 4.78 is 7.16. The predicted molar refractivity (Wildman–Crippen MR) is 55.3 cm³/mol. The predicted octanol–water partition coefficient (Wildman–Crippen LogP) is -1.35. The van der Waals surface area contributed by atoms with Crippen LogP contribution in [-0.4, -0.2) is 17.1 Å². The number of hydrogen-bond acceptors (Lipinski definition) is 3. The standard InChI is InChI=1S/C11H13IN2O2/c1-8-6-10(12-14(2)15)11(16-3)7-9(8)4-5-13/h6-7H,4H2,1-3H3. The summed E-state index contributed by atoms with van der Waals surface area (Å²) in [6.45, 7) is 1.95. The van der Waals surface area contributed by atoms with Crippen LogP contribution in [-0.2, 0) is 6.42 Å². The number of hydrogen-bond donors (Lipinski definition) is 0. The fraction of sp³-hybridized carbons (Fsp3) is 0.364. The molecule has 16 heavy (non-hydrogen) atoms. The van der Waals surface area contributed by atoms with Crippen molar-refractivity contribution < 1.29 is 29.2 Å². The summed E-state index contributed by atoms with van der Waals surface area (Å²) in [5, 5.41) is 8.68. The zero-order chi connectivity index (χ0) is 12.1. The van der Waals surface area contributed by atoms with E-state index < -0.39 is 21.5 Å². The Hall–Kier alpha value is -1.16. The van der Waals surface area contributed by atoms with Crippen molar-refractivity contribution in [2.24, 2.45) is 0 Å². The van der Waals surface area contributed by atoms with Crippen LogP contribution in [0, 0.1) is 26.7 Å². The molecule has 1 rings (SSSR count). The summed E-state index contributed by atoms with van der Waals surface area (Å²) in [6.07, 6.45) is 0.369. The van der Waals surface area contributed by atoms with E-state index in [1.165, 1.54) is 7.05 Å². The molecule has 0 N–H and O–H groups in total. The van der Waals surface area contributed by atoms with Gasteiger partial charge in [-0.1, -0.05) is 0 Å². The number of nitrogens with zero attached hydrogens (tertiary/aromatic N) is 2. The number of ether oxygens (including phenoxy) is 1. The van der Waals surface area contributed by atoms with Gasteiger partial charge in [-0.2, -0.15) is 0 Å². The average molecular weight is 332 g/mol. The minimum absolute atomic E-state index is 0.369. The summed E-state index contributed by atoms with van der Waals surface area (Å²) in [4.78, 5) is 11.1. The van der Waals surface area contributed by atoms with Crippen molar-refractivity contribution in [1.29, 1.82) is 5.26 Å². The van der Waals surface area contributed by atoms with E-state index in [1.54, 1.807) is 7.11 Å². The number of nitriles is 1. The topological polar surface area (TPSA) is 53.1 Å². The molecule has 0 aromatic heterocycles. The van der Waals surface area contributed by atoms with Crippen LogP contribution >= 0.6 is 0 Å². The van der Waals surface area contributed by atoms with Crippen molar-refractivity contribution in [3.8, 4) is 11.8 Å². The van der Waals surface area contributed by atoms with Crippen LogP contribution in [0.15, 0.2) is 12.1 Å². The Morgan fingerprint density at radius 3 is 2.75 bits per heavy atom. The van der Waals surface area contributed by atoms with Gasteiger partial charge in [-0.25, -0.2) is 0 Å². The third-order valence-corrected chi connectivity index (χ3v) is 4.13.